The Morgan fingerprint density at radius 2 is 1.34 bits per heavy atom. The van der Waals surface area contributed by atoms with Crippen LogP contribution in [-0.4, -0.2) is 11.6 Å². The summed E-state index contributed by atoms with van der Waals surface area (Å²) < 4.78 is 6.97. The van der Waals surface area contributed by atoms with E-state index in [-0.39, 0.29) is 17.0 Å². The maximum Gasteiger partial charge on any atom is 0.306 e. The van der Waals surface area contributed by atoms with Gasteiger partial charge in [-0.1, -0.05) is 162 Å². The van der Waals surface area contributed by atoms with E-state index in [1.54, 1.807) is 5.57 Å². The van der Waals surface area contributed by atoms with Crippen molar-refractivity contribution in [3.63, 3.8) is 0 Å². The summed E-state index contributed by atoms with van der Waals surface area (Å²) in [5, 5.41) is 0. The third-order valence-corrected chi connectivity index (χ3v) is 14.7. The lowest BCUT2D eigenvalue weighted by molar-refractivity contribution is -0.197. The Labute approximate surface area is 293 Å². The van der Waals surface area contributed by atoms with Crippen molar-refractivity contribution in [2.24, 2.45) is 40.4 Å². The van der Waals surface area contributed by atoms with Gasteiger partial charge in [0.2, 0.25) is 0 Å². The fraction of sp³-hybridized carbons (Fsp3) is 0.933. The standard InChI is InChI=1S/C45H80O2/c1-7-8-9-10-11-12-13-14-15-16-17-18-19-20-21-28-42(46)47-45(37(4)26-24-25-36(2)3)35-32-41-39-30-29-38-27-22-23-33-43(38,5)40(39)31-34-44(41,45)6/h29,36-37,39-41H,7-28,30-35H2,1-6H3/t37-,39+,40+,41+,43+,44-,45-/m1/s1. The third kappa shape index (κ3) is 9.72. The van der Waals surface area contributed by atoms with Crippen LogP contribution in [0.2, 0.25) is 0 Å². The second kappa shape index (κ2) is 19.0. The first-order valence-electron chi connectivity index (χ1n) is 21.6. The molecule has 0 aromatic heterocycles. The fourth-order valence-electron chi connectivity index (χ4n) is 11.8. The molecule has 7 atom stereocenters. The van der Waals surface area contributed by atoms with Crippen LogP contribution < -0.4 is 0 Å². The fourth-order valence-corrected chi connectivity index (χ4v) is 11.8. The van der Waals surface area contributed by atoms with E-state index in [4.69, 9.17) is 4.74 Å². The summed E-state index contributed by atoms with van der Waals surface area (Å²) in [6.45, 7) is 14.7. The molecule has 0 N–H and O–H groups in total. The van der Waals surface area contributed by atoms with E-state index in [0.717, 1.165) is 30.6 Å². The number of carbonyl (C=O) groups is 1. The highest BCUT2D eigenvalue weighted by atomic mass is 16.6. The molecule has 4 aliphatic carbocycles. The molecule has 0 unspecified atom stereocenters. The Hall–Kier alpha value is -0.790. The largest absolute Gasteiger partial charge is 0.458 e. The second-order valence-corrected chi connectivity index (χ2v) is 18.3. The van der Waals surface area contributed by atoms with Crippen molar-refractivity contribution >= 4 is 5.97 Å². The number of allylic oxidation sites excluding steroid dienone is 2. The van der Waals surface area contributed by atoms with Crippen LogP contribution in [0.5, 0.6) is 0 Å². The van der Waals surface area contributed by atoms with Gasteiger partial charge in [0.1, 0.15) is 5.60 Å². The lowest BCUT2D eigenvalue weighted by atomic mass is 9.46. The van der Waals surface area contributed by atoms with Crippen molar-refractivity contribution in [1.82, 2.24) is 0 Å². The van der Waals surface area contributed by atoms with E-state index in [0.29, 0.717) is 23.7 Å². The molecule has 0 radical (unpaired) electrons. The Kier molecular flexibility index (Phi) is 15.8. The van der Waals surface area contributed by atoms with Gasteiger partial charge in [0, 0.05) is 11.8 Å². The zero-order valence-corrected chi connectivity index (χ0v) is 32.6. The second-order valence-electron chi connectivity index (χ2n) is 18.3. The summed E-state index contributed by atoms with van der Waals surface area (Å²) in [5.41, 5.74) is 2.08. The molecular formula is C45H80O2. The number of carbonyl (C=O) groups excluding carboxylic acids is 1. The van der Waals surface area contributed by atoms with Crippen LogP contribution in [-0.2, 0) is 9.53 Å². The van der Waals surface area contributed by atoms with Crippen molar-refractivity contribution in [3.05, 3.63) is 11.6 Å². The molecule has 2 nitrogen and oxygen atoms in total. The minimum atomic E-state index is -0.274. The van der Waals surface area contributed by atoms with Gasteiger partial charge in [-0.15, -0.1) is 0 Å². The average molecular weight is 653 g/mol. The highest BCUT2D eigenvalue weighted by Crippen LogP contribution is 2.69. The minimum absolute atomic E-state index is 0.115. The van der Waals surface area contributed by atoms with Gasteiger partial charge in [0.25, 0.3) is 0 Å². The van der Waals surface area contributed by atoms with Gasteiger partial charge in [-0.05, 0) is 99.2 Å². The first-order chi connectivity index (χ1) is 22.7. The van der Waals surface area contributed by atoms with Gasteiger partial charge in [0.05, 0.1) is 0 Å². The van der Waals surface area contributed by atoms with Crippen LogP contribution in [0.3, 0.4) is 0 Å². The summed E-state index contributed by atoms with van der Waals surface area (Å²) in [5.74, 6) is 3.61. The maximum atomic E-state index is 13.7. The molecule has 0 bridgehead atoms. The summed E-state index contributed by atoms with van der Waals surface area (Å²) in [4.78, 5) is 13.7. The number of rotatable bonds is 22. The zero-order valence-electron chi connectivity index (χ0n) is 32.6. The third-order valence-electron chi connectivity index (χ3n) is 14.7. The van der Waals surface area contributed by atoms with Crippen molar-refractivity contribution in [1.29, 1.82) is 0 Å². The monoisotopic (exact) mass is 653 g/mol. The highest BCUT2D eigenvalue weighted by Gasteiger charge is 2.66. The highest BCUT2D eigenvalue weighted by molar-refractivity contribution is 5.70. The summed E-state index contributed by atoms with van der Waals surface area (Å²) >= 11 is 0. The average Bonchev–Trinajstić information content (AvgIpc) is 3.35. The molecule has 4 aliphatic rings. The van der Waals surface area contributed by atoms with E-state index < -0.39 is 0 Å². The van der Waals surface area contributed by atoms with Crippen molar-refractivity contribution in [3.8, 4) is 0 Å². The molecule has 0 aromatic rings. The van der Waals surface area contributed by atoms with Crippen LogP contribution in [0, 0.1) is 40.4 Å². The van der Waals surface area contributed by atoms with Crippen LogP contribution in [0.1, 0.15) is 221 Å². The molecule has 0 amide bonds. The van der Waals surface area contributed by atoms with E-state index in [9.17, 15) is 4.79 Å². The molecule has 4 rings (SSSR count). The Bertz CT molecular complexity index is 950. The van der Waals surface area contributed by atoms with Crippen molar-refractivity contribution in [2.75, 3.05) is 0 Å². The molecule has 47 heavy (non-hydrogen) atoms. The molecule has 272 valence electrons. The van der Waals surface area contributed by atoms with Crippen LogP contribution in [0.15, 0.2) is 11.6 Å². The smallest absolute Gasteiger partial charge is 0.306 e. The van der Waals surface area contributed by atoms with E-state index >= 15 is 0 Å². The number of hydrogen-bond acceptors (Lipinski definition) is 2. The van der Waals surface area contributed by atoms with Gasteiger partial charge in [-0.3, -0.25) is 4.79 Å². The Morgan fingerprint density at radius 3 is 1.96 bits per heavy atom. The van der Waals surface area contributed by atoms with Gasteiger partial charge in [-0.25, -0.2) is 0 Å². The number of hydrogen-bond donors (Lipinski definition) is 0. The lowest BCUT2D eigenvalue weighted by Gasteiger charge is -2.60. The van der Waals surface area contributed by atoms with E-state index in [2.05, 4.69) is 47.6 Å². The van der Waals surface area contributed by atoms with E-state index in [1.807, 2.05) is 0 Å². The summed E-state index contributed by atoms with van der Waals surface area (Å²) in [6, 6.07) is 0. The number of ether oxygens (including phenoxy) is 1. The Balaban J connectivity index is 1.25. The zero-order chi connectivity index (χ0) is 33.8. The number of fused-ring (bicyclic) bond motifs is 5. The molecule has 3 fully saturated rings. The van der Waals surface area contributed by atoms with Crippen molar-refractivity contribution < 1.29 is 9.53 Å². The van der Waals surface area contributed by atoms with Crippen LogP contribution in [0.25, 0.3) is 0 Å². The van der Waals surface area contributed by atoms with Gasteiger partial charge >= 0.3 is 5.97 Å². The summed E-state index contributed by atoms with van der Waals surface area (Å²) in [6.07, 6.45) is 39.2. The number of unbranched alkanes of at least 4 members (excludes halogenated alkanes) is 14. The molecule has 0 spiro atoms. The van der Waals surface area contributed by atoms with Crippen LogP contribution >= 0.6 is 0 Å². The maximum absolute atomic E-state index is 13.7. The topological polar surface area (TPSA) is 26.3 Å². The Morgan fingerprint density at radius 1 is 0.745 bits per heavy atom. The molecule has 0 aliphatic heterocycles. The lowest BCUT2D eigenvalue weighted by Crippen LogP contribution is -2.58. The normalized spacial score (nSPS) is 32.4. The molecule has 0 saturated heterocycles. The van der Waals surface area contributed by atoms with Crippen molar-refractivity contribution in [2.45, 2.75) is 227 Å². The summed E-state index contributed by atoms with van der Waals surface area (Å²) in [7, 11) is 0. The molecular weight excluding hydrogens is 572 g/mol. The molecule has 3 saturated carbocycles. The molecule has 0 heterocycles. The predicted molar refractivity (Wildman–Crippen MR) is 203 cm³/mol. The first kappa shape index (κ1) is 39.0. The predicted octanol–water partition coefficient (Wildman–Crippen LogP) is 14.3. The minimum Gasteiger partial charge on any atom is -0.458 e. The van der Waals surface area contributed by atoms with Crippen LogP contribution in [0.4, 0.5) is 0 Å². The number of esters is 1. The van der Waals surface area contributed by atoms with Gasteiger partial charge in [-0.2, -0.15) is 0 Å². The molecule has 0 aromatic carbocycles. The quantitative estimate of drug-likeness (QED) is 0.0661. The SMILES string of the molecule is CCCCCCCCCCCCCCCCCC(=O)O[C@@]1([C@H](C)CCCC(C)C)CC[C@H]2[C@H]3CC=C4CCCC[C@]4(C)[C@H]3CC[C@]21C. The first-order valence-corrected chi connectivity index (χ1v) is 21.6. The van der Waals surface area contributed by atoms with E-state index in [1.165, 1.54) is 161 Å². The van der Waals surface area contributed by atoms with Gasteiger partial charge in [0.15, 0.2) is 0 Å². The van der Waals surface area contributed by atoms with Gasteiger partial charge < -0.3 is 4.74 Å². The molecule has 2 heteroatoms.